The molecule has 2 aromatic heterocycles. The van der Waals surface area contributed by atoms with E-state index in [-0.39, 0.29) is 11.4 Å². The first-order chi connectivity index (χ1) is 9.08. The van der Waals surface area contributed by atoms with Gasteiger partial charge >= 0.3 is 0 Å². The number of fused-ring (bicyclic) bond motifs is 1. The van der Waals surface area contributed by atoms with Gasteiger partial charge in [-0.25, -0.2) is 4.98 Å². The average Bonchev–Trinajstić information content (AvgIpc) is 2.77. The fourth-order valence-corrected chi connectivity index (χ4v) is 2.90. The van der Waals surface area contributed by atoms with Gasteiger partial charge in [-0.05, 0) is 26.2 Å². The summed E-state index contributed by atoms with van der Waals surface area (Å²) in [5, 5.41) is -0.149. The van der Waals surface area contributed by atoms with E-state index in [4.69, 9.17) is 16.3 Å². The molecular formula is C13H18ClN3OS. The van der Waals surface area contributed by atoms with Crippen LogP contribution in [0.3, 0.4) is 0 Å². The van der Waals surface area contributed by atoms with Gasteiger partial charge in [-0.15, -0.1) is 11.6 Å². The van der Waals surface area contributed by atoms with Crippen molar-refractivity contribution in [2.45, 2.75) is 25.3 Å². The molecule has 0 saturated carbocycles. The highest BCUT2D eigenvalue weighted by Crippen LogP contribution is 2.29. The van der Waals surface area contributed by atoms with Crippen molar-refractivity contribution in [2.24, 2.45) is 0 Å². The van der Waals surface area contributed by atoms with Crippen LogP contribution in [0.15, 0.2) is 12.1 Å². The molecule has 2 aromatic rings. The third-order valence-electron chi connectivity index (χ3n) is 2.95. The minimum absolute atomic E-state index is 0.149. The van der Waals surface area contributed by atoms with Crippen LogP contribution < -0.4 is 4.74 Å². The monoisotopic (exact) mass is 299 g/mol. The molecule has 0 aliphatic carbocycles. The summed E-state index contributed by atoms with van der Waals surface area (Å²) in [6.07, 6.45) is 2.09. The highest BCUT2D eigenvalue weighted by molar-refractivity contribution is 7.98. The van der Waals surface area contributed by atoms with E-state index in [1.54, 1.807) is 18.9 Å². The zero-order valence-corrected chi connectivity index (χ0v) is 13.1. The predicted molar refractivity (Wildman–Crippen MR) is 81.4 cm³/mol. The highest BCUT2D eigenvalue weighted by atomic mass is 35.5. The third kappa shape index (κ3) is 2.82. The van der Waals surface area contributed by atoms with Crippen LogP contribution in [-0.4, -0.2) is 33.7 Å². The molecule has 0 bridgehead atoms. The Hall–Kier alpha value is -0.940. The molecule has 0 spiro atoms. The van der Waals surface area contributed by atoms with Crippen LogP contribution in [-0.2, 0) is 0 Å². The number of nitrogens with zero attached hydrogens (tertiary/aromatic N) is 3. The van der Waals surface area contributed by atoms with Crippen molar-refractivity contribution in [3.63, 3.8) is 0 Å². The van der Waals surface area contributed by atoms with Gasteiger partial charge in [0.05, 0.1) is 12.5 Å². The molecule has 6 heteroatoms. The van der Waals surface area contributed by atoms with Crippen molar-refractivity contribution in [2.75, 3.05) is 19.1 Å². The molecule has 0 N–H and O–H groups in total. The average molecular weight is 300 g/mol. The number of methoxy groups -OCH3 is 1. The Morgan fingerprint density at radius 1 is 1.37 bits per heavy atom. The normalized spacial score (nSPS) is 14.6. The molecule has 104 valence electrons. The molecule has 19 heavy (non-hydrogen) atoms. The largest absolute Gasteiger partial charge is 0.481 e. The van der Waals surface area contributed by atoms with Crippen molar-refractivity contribution in [3.8, 4) is 5.88 Å². The molecule has 0 saturated heterocycles. The van der Waals surface area contributed by atoms with E-state index in [2.05, 4.69) is 27.7 Å². The fraction of sp³-hybridized carbons (Fsp3) is 0.538. The Balaban J connectivity index is 2.63. The van der Waals surface area contributed by atoms with Gasteiger partial charge < -0.3 is 9.30 Å². The summed E-state index contributed by atoms with van der Waals surface area (Å²) >= 11 is 8.04. The first-order valence-corrected chi connectivity index (χ1v) is 7.97. The van der Waals surface area contributed by atoms with E-state index < -0.39 is 0 Å². The molecular weight excluding hydrogens is 282 g/mol. The number of imidazole rings is 1. The van der Waals surface area contributed by atoms with E-state index in [0.717, 1.165) is 22.7 Å². The Bertz CT molecular complexity index is 570. The summed E-state index contributed by atoms with van der Waals surface area (Å²) < 4.78 is 7.31. The predicted octanol–water partition coefficient (Wildman–Crippen LogP) is 3.66. The first kappa shape index (κ1) is 14.5. The summed E-state index contributed by atoms with van der Waals surface area (Å²) in [5.41, 5.74) is 1.69. The molecule has 2 rings (SSSR count). The maximum atomic E-state index is 6.25. The number of hydrogen-bond acceptors (Lipinski definition) is 4. The molecule has 0 fully saturated rings. The Labute approximate surface area is 122 Å². The molecule has 4 nitrogen and oxygen atoms in total. The summed E-state index contributed by atoms with van der Waals surface area (Å²) in [6, 6.07) is 4.03. The van der Waals surface area contributed by atoms with Crippen molar-refractivity contribution < 1.29 is 4.74 Å². The van der Waals surface area contributed by atoms with Crippen LogP contribution in [0.2, 0.25) is 0 Å². The van der Waals surface area contributed by atoms with Gasteiger partial charge in [-0.1, -0.05) is 0 Å². The van der Waals surface area contributed by atoms with Crippen LogP contribution >= 0.6 is 23.4 Å². The number of aromatic nitrogens is 3. The lowest BCUT2D eigenvalue weighted by Gasteiger charge is -2.17. The quantitative estimate of drug-likeness (QED) is 0.790. The zero-order valence-electron chi connectivity index (χ0n) is 11.6. The molecule has 0 radical (unpaired) electrons. The van der Waals surface area contributed by atoms with Gasteiger partial charge in [0.15, 0.2) is 5.65 Å². The fourth-order valence-electron chi connectivity index (χ4n) is 2.12. The number of rotatable bonds is 5. The Morgan fingerprint density at radius 2 is 2.11 bits per heavy atom. The lowest BCUT2D eigenvalue weighted by molar-refractivity contribution is 0.398. The summed E-state index contributed by atoms with van der Waals surface area (Å²) in [7, 11) is 1.62. The van der Waals surface area contributed by atoms with E-state index in [9.17, 15) is 0 Å². The van der Waals surface area contributed by atoms with Crippen molar-refractivity contribution in [1.82, 2.24) is 14.5 Å². The first-order valence-electron chi connectivity index (χ1n) is 6.14. The van der Waals surface area contributed by atoms with Gasteiger partial charge in [0.1, 0.15) is 11.3 Å². The molecule has 0 amide bonds. The zero-order chi connectivity index (χ0) is 14.0. The van der Waals surface area contributed by atoms with E-state index in [0.29, 0.717) is 5.88 Å². The second-order valence-corrected chi connectivity index (χ2v) is 6.02. The number of pyridine rings is 1. The van der Waals surface area contributed by atoms with Gasteiger partial charge in [0.25, 0.3) is 0 Å². The van der Waals surface area contributed by atoms with Crippen LogP contribution in [0.4, 0.5) is 0 Å². The van der Waals surface area contributed by atoms with Crippen molar-refractivity contribution >= 4 is 34.5 Å². The summed E-state index contributed by atoms with van der Waals surface area (Å²) in [5.74, 6) is 2.44. The third-order valence-corrected chi connectivity index (χ3v) is 3.96. The van der Waals surface area contributed by atoms with E-state index in [1.165, 1.54) is 0 Å². The maximum Gasteiger partial charge on any atom is 0.215 e. The number of thioether (sulfide) groups is 1. The van der Waals surface area contributed by atoms with Crippen LogP contribution in [0.1, 0.15) is 31.1 Å². The van der Waals surface area contributed by atoms with E-state index >= 15 is 0 Å². The van der Waals surface area contributed by atoms with Crippen LogP contribution in [0.25, 0.3) is 11.2 Å². The molecule has 0 aromatic carbocycles. The topological polar surface area (TPSA) is 39.9 Å². The number of alkyl halides is 1. The molecule has 2 atom stereocenters. The summed E-state index contributed by atoms with van der Waals surface area (Å²) in [4.78, 5) is 9.10. The lowest BCUT2D eigenvalue weighted by Crippen LogP contribution is -2.12. The number of halogens is 1. The van der Waals surface area contributed by atoms with Gasteiger partial charge in [-0.3, -0.25) is 0 Å². The highest BCUT2D eigenvalue weighted by Gasteiger charge is 2.20. The lowest BCUT2D eigenvalue weighted by atomic mass is 10.3. The van der Waals surface area contributed by atoms with Crippen molar-refractivity contribution in [3.05, 3.63) is 18.0 Å². The second kappa shape index (κ2) is 6.01. The van der Waals surface area contributed by atoms with Crippen LogP contribution in [0, 0.1) is 0 Å². The molecule has 2 unspecified atom stereocenters. The van der Waals surface area contributed by atoms with Crippen LogP contribution in [0.5, 0.6) is 5.88 Å². The van der Waals surface area contributed by atoms with E-state index in [1.807, 2.05) is 19.1 Å². The van der Waals surface area contributed by atoms with Gasteiger partial charge in [-0.2, -0.15) is 16.7 Å². The Kier molecular flexibility index (Phi) is 4.58. The number of ether oxygens (including phenoxy) is 1. The van der Waals surface area contributed by atoms with Gasteiger partial charge in [0.2, 0.25) is 5.88 Å². The minimum atomic E-state index is -0.149. The Morgan fingerprint density at radius 3 is 2.68 bits per heavy atom. The van der Waals surface area contributed by atoms with Crippen molar-refractivity contribution in [1.29, 1.82) is 0 Å². The standard InChI is InChI=1S/C13H18ClN3OS/c1-8(7-19-4)17-12(9(2)14)15-10-5-6-11(18-3)16-13(10)17/h5-6,8-9H,7H2,1-4H3. The van der Waals surface area contributed by atoms with Gasteiger partial charge in [0, 0.05) is 17.9 Å². The molecule has 0 aliphatic heterocycles. The molecule has 0 aliphatic rings. The summed E-state index contributed by atoms with van der Waals surface area (Å²) in [6.45, 7) is 4.09. The molecule has 2 heterocycles. The minimum Gasteiger partial charge on any atom is -0.481 e. The maximum absolute atomic E-state index is 6.25. The number of hydrogen-bond donors (Lipinski definition) is 0. The SMILES string of the molecule is COc1ccc2nc(C(C)Cl)n(C(C)CSC)c2n1. The smallest absolute Gasteiger partial charge is 0.215 e. The second-order valence-electron chi connectivity index (χ2n) is 4.46.